The van der Waals surface area contributed by atoms with Gasteiger partial charge in [-0.1, -0.05) is 12.1 Å². The van der Waals surface area contributed by atoms with Crippen LogP contribution in [0.4, 0.5) is 0 Å². The molecule has 0 amide bonds. The first-order valence-corrected chi connectivity index (χ1v) is 6.26. The Morgan fingerprint density at radius 3 is 3.06 bits per heavy atom. The molecule has 3 rings (SSSR count). The van der Waals surface area contributed by atoms with E-state index in [-0.39, 0.29) is 7.12 Å². The van der Waals surface area contributed by atoms with Crippen LogP contribution < -0.4 is 11.0 Å². The van der Waals surface area contributed by atoms with Gasteiger partial charge in [0.05, 0.1) is 11.0 Å². The Bertz CT molecular complexity index is 567. The number of rotatable bonds is 1. The van der Waals surface area contributed by atoms with Crippen molar-refractivity contribution in [3.05, 3.63) is 34.7 Å². The summed E-state index contributed by atoms with van der Waals surface area (Å²) < 4.78 is 1.93. The Morgan fingerprint density at radius 1 is 1.24 bits per heavy atom. The van der Waals surface area contributed by atoms with Gasteiger partial charge in [0.25, 0.3) is 0 Å². The summed E-state index contributed by atoms with van der Waals surface area (Å²) in [6.45, 7) is 2.06. The van der Waals surface area contributed by atoms with Gasteiger partial charge >= 0.3 is 5.69 Å². The first-order chi connectivity index (χ1) is 8.36. The van der Waals surface area contributed by atoms with E-state index >= 15 is 0 Å². The van der Waals surface area contributed by atoms with Crippen LogP contribution in [0.25, 0.3) is 11.0 Å². The van der Waals surface area contributed by atoms with Crippen molar-refractivity contribution in [2.24, 2.45) is 0 Å². The minimum absolute atomic E-state index is 0. The number of fused-ring (bicyclic) bond motifs is 1. The fourth-order valence-corrected chi connectivity index (χ4v) is 2.70. The zero-order chi connectivity index (χ0) is 11.7. The summed E-state index contributed by atoms with van der Waals surface area (Å²) >= 11 is 0. The first kappa shape index (κ1) is 10.6. The van der Waals surface area contributed by atoms with E-state index in [1.165, 1.54) is 0 Å². The summed E-state index contributed by atoms with van der Waals surface area (Å²) in [5.74, 6) is 0. The van der Waals surface area contributed by atoms with E-state index in [9.17, 15) is 4.79 Å². The number of aromatic nitrogens is 2. The fourth-order valence-electron chi connectivity index (χ4n) is 2.70. The molecule has 0 saturated carbocycles. The molecule has 17 heavy (non-hydrogen) atoms. The minimum atomic E-state index is 0. The van der Waals surface area contributed by atoms with Crippen LogP contribution in [0.5, 0.6) is 0 Å². The second-order valence-corrected chi connectivity index (χ2v) is 4.65. The number of H-pyrrole nitrogens is 1. The third-order valence-corrected chi connectivity index (χ3v) is 3.53. The van der Waals surface area contributed by atoms with E-state index in [4.69, 9.17) is 0 Å². The number of benzene rings is 1. The minimum Gasteiger partial charge on any atom is -0.317 e. The maximum atomic E-state index is 12.0. The average Bonchev–Trinajstić information content (AvgIpc) is 2.53. The lowest BCUT2D eigenvalue weighted by Crippen LogP contribution is -2.23. The van der Waals surface area contributed by atoms with Gasteiger partial charge in [-0.05, 0) is 44.5 Å². The van der Waals surface area contributed by atoms with Crippen LogP contribution in [-0.2, 0) is 0 Å². The number of hydrogen-bond acceptors (Lipinski definition) is 2. The molecule has 0 radical (unpaired) electrons. The Balaban J connectivity index is 0.00000120. The van der Waals surface area contributed by atoms with Crippen molar-refractivity contribution in [1.82, 2.24) is 14.9 Å². The van der Waals surface area contributed by atoms with Gasteiger partial charge in [-0.3, -0.25) is 4.57 Å². The number of imidazole rings is 1. The Hall–Kier alpha value is -1.55. The second-order valence-electron chi connectivity index (χ2n) is 4.65. The van der Waals surface area contributed by atoms with Crippen molar-refractivity contribution in [3.63, 3.8) is 0 Å². The topological polar surface area (TPSA) is 49.8 Å². The average molecular weight is 233 g/mol. The highest BCUT2D eigenvalue weighted by Gasteiger charge is 2.18. The lowest BCUT2D eigenvalue weighted by molar-refractivity contribution is 0.454. The third-order valence-electron chi connectivity index (χ3n) is 3.53. The molecule has 1 atom stereocenters. The molecule has 2 aromatic rings. The lowest BCUT2D eigenvalue weighted by atomic mass is 10.1. The highest BCUT2D eigenvalue weighted by Crippen LogP contribution is 2.22. The zero-order valence-electron chi connectivity index (χ0n) is 9.78. The number of para-hydroxylation sites is 2. The van der Waals surface area contributed by atoms with E-state index < -0.39 is 0 Å². The van der Waals surface area contributed by atoms with Crippen molar-refractivity contribution in [2.45, 2.75) is 25.3 Å². The molecule has 0 aliphatic carbocycles. The molecule has 4 heteroatoms. The summed E-state index contributed by atoms with van der Waals surface area (Å²) in [6.07, 6.45) is 3.24. The highest BCUT2D eigenvalue weighted by atomic mass is 16.1. The van der Waals surface area contributed by atoms with Crippen molar-refractivity contribution in [1.29, 1.82) is 0 Å². The van der Waals surface area contributed by atoms with Crippen molar-refractivity contribution < 1.29 is 1.43 Å². The molecular weight excluding hydrogens is 214 g/mol. The number of nitrogens with zero attached hydrogens (tertiary/aromatic N) is 1. The van der Waals surface area contributed by atoms with Crippen LogP contribution in [0.2, 0.25) is 0 Å². The van der Waals surface area contributed by atoms with E-state index in [1.807, 2.05) is 28.8 Å². The van der Waals surface area contributed by atoms with Crippen molar-refractivity contribution >= 4 is 11.0 Å². The van der Waals surface area contributed by atoms with Crippen LogP contribution in [0.15, 0.2) is 29.1 Å². The number of nitrogens with one attached hydrogen (secondary N) is 2. The van der Waals surface area contributed by atoms with E-state index in [0.29, 0.717) is 6.04 Å². The largest absolute Gasteiger partial charge is 0.326 e. The Kier molecular flexibility index (Phi) is 2.73. The SMILES string of the molecule is O=c1[nH]c2ccccc2n1C1CCCNCC1.[HH]. The zero-order valence-corrected chi connectivity index (χ0v) is 9.78. The third kappa shape index (κ3) is 1.89. The van der Waals surface area contributed by atoms with E-state index in [2.05, 4.69) is 10.3 Å². The molecule has 1 unspecified atom stereocenters. The smallest absolute Gasteiger partial charge is 0.317 e. The summed E-state index contributed by atoms with van der Waals surface area (Å²) in [6, 6.07) is 8.25. The first-order valence-electron chi connectivity index (χ1n) is 6.26. The van der Waals surface area contributed by atoms with Gasteiger partial charge in [0.1, 0.15) is 0 Å². The van der Waals surface area contributed by atoms with Gasteiger partial charge in [-0.2, -0.15) is 0 Å². The van der Waals surface area contributed by atoms with Crippen molar-refractivity contribution in [3.8, 4) is 0 Å². The van der Waals surface area contributed by atoms with Crippen LogP contribution in [-0.4, -0.2) is 22.6 Å². The maximum absolute atomic E-state index is 12.0. The summed E-state index contributed by atoms with van der Waals surface area (Å²) in [5.41, 5.74) is 2.00. The van der Waals surface area contributed by atoms with Crippen LogP contribution in [0, 0.1) is 0 Å². The standard InChI is InChI=1S/C13H17N3O.H2/c17-13-15-11-5-1-2-6-12(11)16(13)10-4-3-8-14-9-7-10;/h1-2,5-6,10,14H,3-4,7-9H2,(H,15,17);1H. The van der Waals surface area contributed by atoms with Gasteiger partial charge in [0, 0.05) is 7.47 Å². The normalized spacial score (nSPS) is 21.5. The van der Waals surface area contributed by atoms with Gasteiger partial charge in [-0.15, -0.1) is 0 Å². The molecule has 4 nitrogen and oxygen atoms in total. The quantitative estimate of drug-likeness (QED) is 0.790. The summed E-state index contributed by atoms with van der Waals surface area (Å²) in [7, 11) is 0. The highest BCUT2D eigenvalue weighted by molar-refractivity contribution is 5.75. The molecule has 2 N–H and O–H groups in total. The predicted octanol–water partition coefficient (Wildman–Crippen LogP) is 1.89. The predicted molar refractivity (Wildman–Crippen MR) is 70.4 cm³/mol. The summed E-state index contributed by atoms with van der Waals surface area (Å²) in [5, 5.41) is 3.38. The molecule has 1 aliphatic heterocycles. The fraction of sp³-hybridized carbons (Fsp3) is 0.462. The Labute approximate surface area is 101 Å². The van der Waals surface area contributed by atoms with Gasteiger partial charge in [0.15, 0.2) is 0 Å². The number of hydrogen-bond donors (Lipinski definition) is 2. The van der Waals surface area contributed by atoms with Crippen LogP contribution >= 0.6 is 0 Å². The van der Waals surface area contributed by atoms with E-state index in [1.54, 1.807) is 0 Å². The van der Waals surface area contributed by atoms with Crippen molar-refractivity contribution in [2.75, 3.05) is 13.1 Å². The molecule has 0 bridgehead atoms. The molecule has 1 fully saturated rings. The molecule has 1 aliphatic rings. The van der Waals surface area contributed by atoms with Gasteiger partial charge in [-0.25, -0.2) is 4.79 Å². The van der Waals surface area contributed by atoms with Crippen LogP contribution in [0.3, 0.4) is 0 Å². The molecule has 2 heterocycles. The monoisotopic (exact) mass is 233 g/mol. The lowest BCUT2D eigenvalue weighted by Gasteiger charge is -2.15. The Morgan fingerprint density at radius 2 is 2.12 bits per heavy atom. The molecule has 1 aromatic carbocycles. The van der Waals surface area contributed by atoms with E-state index in [0.717, 1.165) is 43.4 Å². The molecular formula is C13H19N3O. The molecule has 1 aromatic heterocycles. The van der Waals surface area contributed by atoms with Crippen LogP contribution in [0.1, 0.15) is 26.7 Å². The van der Waals surface area contributed by atoms with Gasteiger partial charge < -0.3 is 10.3 Å². The number of aromatic amines is 1. The molecule has 92 valence electrons. The second kappa shape index (κ2) is 4.37. The molecule has 1 saturated heterocycles. The molecule has 0 spiro atoms. The maximum Gasteiger partial charge on any atom is 0.326 e. The van der Waals surface area contributed by atoms with Gasteiger partial charge in [0.2, 0.25) is 0 Å². The summed E-state index contributed by atoms with van der Waals surface area (Å²) in [4.78, 5) is 15.0.